The maximum Gasteiger partial charge on any atom is 0.442 e. The second-order valence-corrected chi connectivity index (χ2v) is 13.3. The molecule has 8 nitrogen and oxygen atoms in total. The molecule has 1 aliphatic rings. The highest BCUT2D eigenvalue weighted by atomic mass is 35.5. The summed E-state index contributed by atoms with van der Waals surface area (Å²) in [6.07, 6.45) is -5.93. The Morgan fingerprint density at radius 1 is 1.17 bits per heavy atom. The van der Waals surface area contributed by atoms with Crippen molar-refractivity contribution >= 4 is 44.8 Å². The molecule has 1 saturated heterocycles. The van der Waals surface area contributed by atoms with Crippen molar-refractivity contribution in [3.63, 3.8) is 0 Å². The van der Waals surface area contributed by atoms with Crippen LogP contribution < -0.4 is 10.2 Å². The van der Waals surface area contributed by atoms with Crippen LogP contribution in [0.2, 0.25) is 5.02 Å². The number of amides is 2. The smallest absolute Gasteiger partial charge is 0.442 e. The van der Waals surface area contributed by atoms with E-state index in [-0.39, 0.29) is 41.2 Å². The first kappa shape index (κ1) is 32.5. The number of anilines is 2. The van der Waals surface area contributed by atoms with Gasteiger partial charge in [-0.15, -0.1) is 4.36 Å². The third-order valence-corrected chi connectivity index (χ3v) is 8.13. The van der Waals surface area contributed by atoms with Crippen LogP contribution in [0.15, 0.2) is 33.5 Å². The quantitative estimate of drug-likeness (QED) is 0.358. The lowest BCUT2D eigenvalue weighted by Crippen LogP contribution is -2.31. The average molecular weight is 625 g/mol. The van der Waals surface area contributed by atoms with Gasteiger partial charge in [0.2, 0.25) is 5.92 Å². The summed E-state index contributed by atoms with van der Waals surface area (Å²) in [7, 11) is -3.32. The zero-order valence-corrected chi connectivity index (χ0v) is 24.6. The summed E-state index contributed by atoms with van der Waals surface area (Å²) in [5, 5.41) is 1.72. The molecule has 0 aliphatic carbocycles. The normalized spacial score (nSPS) is 17.3. The monoisotopic (exact) mass is 624 g/mol. The molecular formula is C26H30ClF5N4O4S. The van der Waals surface area contributed by atoms with Crippen LogP contribution in [0.25, 0.3) is 0 Å². The third kappa shape index (κ3) is 8.28. The van der Waals surface area contributed by atoms with Crippen LogP contribution in [0.1, 0.15) is 61.6 Å². The first-order valence-electron chi connectivity index (χ1n) is 12.5. The number of rotatable bonds is 4. The van der Waals surface area contributed by atoms with E-state index in [1.54, 1.807) is 20.8 Å². The average Bonchev–Trinajstić information content (AvgIpc) is 2.98. The molecule has 41 heavy (non-hydrogen) atoms. The second kappa shape index (κ2) is 11.7. The van der Waals surface area contributed by atoms with Gasteiger partial charge >= 0.3 is 12.3 Å². The van der Waals surface area contributed by atoms with Crippen molar-refractivity contribution < 1.29 is 40.5 Å². The molecular weight excluding hydrogens is 595 g/mol. The fourth-order valence-electron chi connectivity index (χ4n) is 4.11. The van der Waals surface area contributed by atoms with E-state index in [4.69, 9.17) is 16.3 Å². The van der Waals surface area contributed by atoms with Gasteiger partial charge in [-0.1, -0.05) is 17.7 Å². The minimum atomic E-state index is -4.96. The zero-order chi connectivity index (χ0) is 31.0. The number of ether oxygens (including phenoxy) is 1. The first-order chi connectivity index (χ1) is 18.7. The summed E-state index contributed by atoms with van der Waals surface area (Å²) < 4.78 is 91.2. The molecule has 1 aromatic carbocycles. The van der Waals surface area contributed by atoms with E-state index in [0.29, 0.717) is 0 Å². The molecule has 0 radical (unpaired) electrons. The van der Waals surface area contributed by atoms with Crippen LogP contribution >= 0.6 is 11.6 Å². The van der Waals surface area contributed by atoms with E-state index in [1.165, 1.54) is 42.3 Å². The lowest BCUT2D eigenvalue weighted by atomic mass is 10.1. The van der Waals surface area contributed by atoms with Crippen molar-refractivity contribution in [3.8, 4) is 0 Å². The summed E-state index contributed by atoms with van der Waals surface area (Å²) >= 11 is 6.00. The molecule has 0 spiro atoms. The van der Waals surface area contributed by atoms with Gasteiger partial charge in [-0.2, -0.15) is 13.2 Å². The van der Waals surface area contributed by atoms with Gasteiger partial charge in [0.15, 0.2) is 5.69 Å². The van der Waals surface area contributed by atoms with Crippen LogP contribution in [0, 0.1) is 6.92 Å². The van der Waals surface area contributed by atoms with Crippen molar-refractivity contribution in [1.82, 2.24) is 4.98 Å². The first-order valence-corrected chi connectivity index (χ1v) is 14.8. The van der Waals surface area contributed by atoms with E-state index in [0.717, 1.165) is 0 Å². The highest BCUT2D eigenvalue weighted by Gasteiger charge is 2.40. The number of benzene rings is 1. The van der Waals surface area contributed by atoms with Crippen molar-refractivity contribution in [3.05, 3.63) is 46.1 Å². The number of nitrogens with one attached hydrogen (secondary N) is 1. The minimum absolute atomic E-state index is 0.0349. The van der Waals surface area contributed by atoms with Crippen molar-refractivity contribution in [2.24, 2.45) is 4.36 Å². The molecule has 15 heteroatoms. The number of carbonyl (C=O) groups is 2. The summed E-state index contributed by atoms with van der Waals surface area (Å²) in [5.41, 5.74) is -2.80. The van der Waals surface area contributed by atoms with Crippen molar-refractivity contribution in [1.29, 1.82) is 0 Å². The number of nitrogens with zero attached hydrogens (tertiary/aromatic N) is 3. The summed E-state index contributed by atoms with van der Waals surface area (Å²) in [6.45, 7) is 5.66. The lowest BCUT2D eigenvalue weighted by molar-refractivity contribution is -0.141. The third-order valence-electron chi connectivity index (χ3n) is 6.04. The van der Waals surface area contributed by atoms with E-state index in [2.05, 4.69) is 14.7 Å². The van der Waals surface area contributed by atoms with Gasteiger partial charge in [0.25, 0.3) is 5.91 Å². The van der Waals surface area contributed by atoms with Crippen LogP contribution in [0.3, 0.4) is 0 Å². The molecule has 1 atom stereocenters. The molecule has 2 amide bonds. The number of pyridine rings is 1. The number of hydrogen-bond donors (Lipinski definition) is 1. The van der Waals surface area contributed by atoms with E-state index >= 15 is 0 Å². The number of carbonyl (C=O) groups excluding carboxylic acids is 2. The predicted octanol–water partition coefficient (Wildman–Crippen LogP) is 7.33. The molecule has 1 aliphatic heterocycles. The number of halogens is 6. The Kier molecular flexibility index (Phi) is 9.28. The molecule has 1 N–H and O–H groups in total. The Bertz CT molecular complexity index is 1470. The Morgan fingerprint density at radius 2 is 1.83 bits per heavy atom. The van der Waals surface area contributed by atoms with Crippen molar-refractivity contribution in [2.45, 2.75) is 69.6 Å². The zero-order valence-electron chi connectivity index (χ0n) is 23.0. The van der Waals surface area contributed by atoms with Gasteiger partial charge < -0.3 is 15.0 Å². The Balaban J connectivity index is 2.03. The lowest BCUT2D eigenvalue weighted by Gasteiger charge is -2.27. The summed E-state index contributed by atoms with van der Waals surface area (Å²) in [5.74, 6) is -4.35. The largest absolute Gasteiger partial charge is 0.442 e. The van der Waals surface area contributed by atoms with Crippen LogP contribution in [0.5, 0.6) is 0 Å². The van der Waals surface area contributed by atoms with Gasteiger partial charge in [-0.25, -0.2) is 22.8 Å². The maximum atomic E-state index is 14.0. The van der Waals surface area contributed by atoms with Gasteiger partial charge in [0, 0.05) is 42.8 Å². The fraction of sp³-hybridized carbons (Fsp3) is 0.500. The van der Waals surface area contributed by atoms with E-state index in [9.17, 15) is 35.8 Å². The minimum Gasteiger partial charge on any atom is -0.442 e. The molecule has 2 heterocycles. The molecule has 1 aromatic heterocycles. The second-order valence-electron chi connectivity index (χ2n) is 10.6. The van der Waals surface area contributed by atoms with Crippen LogP contribution in [0.4, 0.5) is 38.3 Å². The van der Waals surface area contributed by atoms with Gasteiger partial charge in [0.1, 0.15) is 11.4 Å². The molecule has 0 unspecified atom stereocenters. The van der Waals surface area contributed by atoms with Crippen LogP contribution in [-0.2, 0) is 20.6 Å². The number of hydrogen-bond acceptors (Lipinski definition) is 6. The van der Waals surface area contributed by atoms with Gasteiger partial charge in [0.05, 0.1) is 20.3 Å². The standard InChI is InChI=1S/C26H30ClF5N4O4S/c1-15-18(21(34-20(19(15)27)26(30,31)32)36-12-7-10-25(28,29)11-13-36)22(37)33-16-8-6-9-17(14-16)41(5,39)35-23(38)40-24(2,3)4/h6,8-9,14H,7,10-13H2,1-5H3,(H,33,37)/t41-/m1/s1. The summed E-state index contributed by atoms with van der Waals surface area (Å²) in [6, 6.07) is 5.55. The summed E-state index contributed by atoms with van der Waals surface area (Å²) in [4.78, 5) is 30.6. The molecule has 1 fully saturated rings. The number of alkyl halides is 5. The Morgan fingerprint density at radius 3 is 2.44 bits per heavy atom. The van der Waals surface area contributed by atoms with Gasteiger partial charge in [-0.05, 0) is 57.9 Å². The maximum absolute atomic E-state index is 14.0. The van der Waals surface area contributed by atoms with Crippen molar-refractivity contribution in [2.75, 3.05) is 29.6 Å². The molecule has 0 bridgehead atoms. The topological polar surface area (TPSA) is 101 Å². The van der Waals surface area contributed by atoms with E-state index in [1.807, 2.05) is 0 Å². The fourth-order valence-corrected chi connectivity index (χ4v) is 5.46. The highest BCUT2D eigenvalue weighted by molar-refractivity contribution is 7.93. The Hall–Kier alpha value is -3.00. The molecule has 0 saturated carbocycles. The van der Waals surface area contributed by atoms with Crippen LogP contribution in [-0.4, -0.2) is 52.1 Å². The molecule has 226 valence electrons. The van der Waals surface area contributed by atoms with Gasteiger partial charge in [-0.3, -0.25) is 4.79 Å². The Labute approximate surface area is 239 Å². The SMILES string of the molecule is Cc1c(Cl)c(C(F)(F)F)nc(N2CCCC(F)(F)CC2)c1C(=O)Nc1cccc([S@@](C)(=O)=NC(=O)OC(C)(C)C)c1. The molecule has 2 aromatic rings. The number of aromatic nitrogens is 1. The van der Waals surface area contributed by atoms with E-state index < -0.39 is 68.8 Å². The molecule has 3 rings (SSSR count). The predicted molar refractivity (Wildman–Crippen MR) is 145 cm³/mol. The highest BCUT2D eigenvalue weighted by Crippen LogP contribution is 2.40.